The Kier molecular flexibility index (Phi) is 6.30. The summed E-state index contributed by atoms with van der Waals surface area (Å²) in [5.41, 5.74) is 1.07. The van der Waals surface area contributed by atoms with Gasteiger partial charge in [0.05, 0.1) is 0 Å². The number of nitrogens with zero attached hydrogens (tertiary/aromatic N) is 2. The van der Waals surface area contributed by atoms with E-state index in [-0.39, 0.29) is 17.9 Å². The Morgan fingerprint density at radius 3 is 2.58 bits per heavy atom. The molecule has 0 radical (unpaired) electrons. The van der Waals surface area contributed by atoms with Gasteiger partial charge in [-0.15, -0.1) is 0 Å². The summed E-state index contributed by atoms with van der Waals surface area (Å²) < 4.78 is 0. The van der Waals surface area contributed by atoms with Gasteiger partial charge in [-0.25, -0.2) is 0 Å². The van der Waals surface area contributed by atoms with Crippen LogP contribution in [0.1, 0.15) is 45.1 Å². The Morgan fingerprint density at radius 1 is 1.19 bits per heavy atom. The Hall–Kier alpha value is -1.88. The Balaban J connectivity index is 1.52. The summed E-state index contributed by atoms with van der Waals surface area (Å²) in [6.07, 6.45) is 3.55. The lowest BCUT2D eigenvalue weighted by molar-refractivity contribution is -0.135. The van der Waals surface area contributed by atoms with E-state index in [0.717, 1.165) is 24.6 Å². The SMILES string of the molecule is CC1CCN(C(C)CNC(=O)C2CCC(=O)N2Cc2ccccc2)CC1. The van der Waals surface area contributed by atoms with Gasteiger partial charge in [-0.1, -0.05) is 37.3 Å². The molecule has 2 aliphatic heterocycles. The zero-order valence-corrected chi connectivity index (χ0v) is 16.0. The largest absolute Gasteiger partial charge is 0.353 e. The van der Waals surface area contributed by atoms with Crippen molar-refractivity contribution in [3.8, 4) is 0 Å². The van der Waals surface area contributed by atoms with Crippen molar-refractivity contribution in [1.29, 1.82) is 0 Å². The van der Waals surface area contributed by atoms with Crippen LogP contribution >= 0.6 is 0 Å². The van der Waals surface area contributed by atoms with E-state index in [9.17, 15) is 9.59 Å². The van der Waals surface area contributed by atoms with E-state index in [4.69, 9.17) is 0 Å². The summed E-state index contributed by atoms with van der Waals surface area (Å²) >= 11 is 0. The first-order valence-corrected chi connectivity index (χ1v) is 9.89. The number of benzene rings is 1. The van der Waals surface area contributed by atoms with Gasteiger partial charge in [0.25, 0.3) is 0 Å². The lowest BCUT2D eigenvalue weighted by Gasteiger charge is -2.35. The normalized spacial score (nSPS) is 23.2. The molecule has 0 spiro atoms. The zero-order valence-electron chi connectivity index (χ0n) is 16.0. The zero-order chi connectivity index (χ0) is 18.5. The standard InChI is InChI=1S/C21H31N3O2/c1-16-10-12-23(13-11-16)17(2)14-22-21(26)19-8-9-20(25)24(19)15-18-6-4-3-5-7-18/h3-7,16-17,19H,8-15H2,1-2H3,(H,22,26). The number of piperidine rings is 1. The second-order valence-corrected chi connectivity index (χ2v) is 7.87. The highest BCUT2D eigenvalue weighted by atomic mass is 16.2. The molecule has 1 aromatic carbocycles. The van der Waals surface area contributed by atoms with Gasteiger partial charge in [0.15, 0.2) is 0 Å². The Morgan fingerprint density at radius 2 is 1.88 bits per heavy atom. The minimum atomic E-state index is -0.337. The fourth-order valence-electron chi connectivity index (χ4n) is 3.95. The number of carbonyl (C=O) groups is 2. The average Bonchev–Trinajstić information content (AvgIpc) is 3.01. The molecule has 1 aromatic rings. The predicted molar refractivity (Wildman–Crippen MR) is 102 cm³/mol. The lowest BCUT2D eigenvalue weighted by Crippen LogP contribution is -2.49. The van der Waals surface area contributed by atoms with Crippen molar-refractivity contribution in [1.82, 2.24) is 15.1 Å². The smallest absolute Gasteiger partial charge is 0.242 e. The van der Waals surface area contributed by atoms with Gasteiger partial charge in [-0.05, 0) is 50.8 Å². The van der Waals surface area contributed by atoms with Crippen molar-refractivity contribution in [3.05, 3.63) is 35.9 Å². The molecule has 0 aliphatic carbocycles. The number of rotatable bonds is 6. The van der Waals surface area contributed by atoms with E-state index < -0.39 is 0 Å². The van der Waals surface area contributed by atoms with Gasteiger partial charge in [0.2, 0.25) is 11.8 Å². The second kappa shape index (κ2) is 8.67. The topological polar surface area (TPSA) is 52.7 Å². The number of hydrogen-bond donors (Lipinski definition) is 1. The molecule has 0 bridgehead atoms. The van der Waals surface area contributed by atoms with Crippen molar-refractivity contribution in [2.45, 2.75) is 58.2 Å². The molecule has 2 fully saturated rings. The van der Waals surface area contributed by atoms with E-state index in [1.54, 1.807) is 4.90 Å². The molecule has 5 nitrogen and oxygen atoms in total. The Bertz CT molecular complexity index is 611. The maximum absolute atomic E-state index is 12.7. The van der Waals surface area contributed by atoms with Gasteiger partial charge in [0.1, 0.15) is 6.04 Å². The summed E-state index contributed by atoms with van der Waals surface area (Å²) in [7, 11) is 0. The average molecular weight is 357 g/mol. The van der Waals surface area contributed by atoms with Gasteiger partial charge in [-0.2, -0.15) is 0 Å². The van der Waals surface area contributed by atoms with Gasteiger partial charge >= 0.3 is 0 Å². The van der Waals surface area contributed by atoms with E-state index in [1.807, 2.05) is 30.3 Å². The van der Waals surface area contributed by atoms with Crippen molar-refractivity contribution in [2.24, 2.45) is 5.92 Å². The highest BCUT2D eigenvalue weighted by Gasteiger charge is 2.36. The van der Waals surface area contributed by atoms with Crippen molar-refractivity contribution in [2.75, 3.05) is 19.6 Å². The molecule has 142 valence electrons. The maximum Gasteiger partial charge on any atom is 0.242 e. The van der Waals surface area contributed by atoms with Crippen molar-refractivity contribution in [3.63, 3.8) is 0 Å². The molecule has 5 heteroatoms. The van der Waals surface area contributed by atoms with Crippen LogP contribution in [0, 0.1) is 5.92 Å². The van der Waals surface area contributed by atoms with Gasteiger partial charge < -0.3 is 10.2 Å². The first-order valence-electron chi connectivity index (χ1n) is 9.89. The molecule has 2 amide bonds. The molecular formula is C21H31N3O2. The van der Waals surface area contributed by atoms with Crippen LogP contribution in [0.2, 0.25) is 0 Å². The maximum atomic E-state index is 12.7. The van der Waals surface area contributed by atoms with Crippen LogP contribution < -0.4 is 5.32 Å². The van der Waals surface area contributed by atoms with E-state index in [0.29, 0.717) is 32.0 Å². The van der Waals surface area contributed by atoms with Gasteiger partial charge in [-0.3, -0.25) is 14.5 Å². The summed E-state index contributed by atoms with van der Waals surface area (Å²) in [5, 5.41) is 3.09. The second-order valence-electron chi connectivity index (χ2n) is 7.87. The molecule has 1 N–H and O–H groups in total. The van der Waals surface area contributed by atoms with Crippen molar-refractivity contribution < 1.29 is 9.59 Å². The predicted octanol–water partition coefficient (Wildman–Crippen LogP) is 2.41. The van der Waals surface area contributed by atoms with Crippen LogP contribution in [-0.2, 0) is 16.1 Å². The van der Waals surface area contributed by atoms with Gasteiger partial charge in [0, 0.05) is 25.6 Å². The number of likely N-dealkylation sites (tertiary alicyclic amines) is 2. The van der Waals surface area contributed by atoms with Crippen LogP contribution in [0.25, 0.3) is 0 Å². The molecule has 2 heterocycles. The van der Waals surface area contributed by atoms with Crippen LogP contribution in [0.4, 0.5) is 0 Å². The number of carbonyl (C=O) groups excluding carboxylic acids is 2. The fraction of sp³-hybridized carbons (Fsp3) is 0.619. The van der Waals surface area contributed by atoms with Crippen LogP contribution in [-0.4, -0.2) is 53.3 Å². The van der Waals surface area contributed by atoms with Crippen molar-refractivity contribution >= 4 is 11.8 Å². The monoisotopic (exact) mass is 357 g/mol. The lowest BCUT2D eigenvalue weighted by atomic mass is 9.98. The molecule has 0 aromatic heterocycles. The number of hydrogen-bond acceptors (Lipinski definition) is 3. The minimum Gasteiger partial charge on any atom is -0.353 e. The summed E-state index contributed by atoms with van der Waals surface area (Å²) in [4.78, 5) is 29.1. The molecular weight excluding hydrogens is 326 g/mol. The van der Waals surface area contributed by atoms with Crippen LogP contribution in [0.15, 0.2) is 30.3 Å². The summed E-state index contributed by atoms with van der Waals surface area (Å²) in [6.45, 7) is 7.87. The van der Waals surface area contributed by atoms with E-state index in [1.165, 1.54) is 12.8 Å². The third-order valence-corrected chi connectivity index (χ3v) is 5.84. The molecule has 2 aliphatic rings. The number of amides is 2. The quantitative estimate of drug-likeness (QED) is 0.851. The van der Waals surface area contributed by atoms with Crippen LogP contribution in [0.5, 0.6) is 0 Å². The third kappa shape index (κ3) is 4.64. The fourth-order valence-corrected chi connectivity index (χ4v) is 3.95. The molecule has 0 saturated carbocycles. The van der Waals surface area contributed by atoms with E-state index >= 15 is 0 Å². The molecule has 3 rings (SSSR count). The molecule has 2 atom stereocenters. The first kappa shape index (κ1) is 18.9. The highest BCUT2D eigenvalue weighted by Crippen LogP contribution is 2.22. The minimum absolute atomic E-state index is 0.0102. The van der Waals surface area contributed by atoms with Crippen LogP contribution in [0.3, 0.4) is 0 Å². The highest BCUT2D eigenvalue weighted by molar-refractivity contribution is 5.90. The number of nitrogens with one attached hydrogen (secondary N) is 1. The molecule has 2 saturated heterocycles. The van der Waals surface area contributed by atoms with E-state index in [2.05, 4.69) is 24.1 Å². The first-order chi connectivity index (χ1) is 12.5. The molecule has 26 heavy (non-hydrogen) atoms. The Labute approximate surface area is 156 Å². The molecule has 2 unspecified atom stereocenters. The third-order valence-electron chi connectivity index (χ3n) is 5.84. The summed E-state index contributed by atoms with van der Waals surface area (Å²) in [6, 6.07) is 9.89. The summed E-state index contributed by atoms with van der Waals surface area (Å²) in [5.74, 6) is 0.875.